The zero-order chi connectivity index (χ0) is 10.1. The third kappa shape index (κ3) is 1.17. The molecule has 1 aliphatic heterocycles. The standard InChI is InChI=1S/C8H6N4O2/c1-5-4-6(13)12(7(5)14)8-9-2-3-10-11-8/h2-4H,1H3. The topological polar surface area (TPSA) is 76.1 Å². The van der Waals surface area contributed by atoms with Crippen LogP contribution in [0.25, 0.3) is 0 Å². The van der Waals surface area contributed by atoms with Crippen molar-refractivity contribution in [3.8, 4) is 0 Å². The van der Waals surface area contributed by atoms with E-state index < -0.39 is 11.8 Å². The van der Waals surface area contributed by atoms with Crippen molar-refractivity contribution in [1.82, 2.24) is 15.2 Å². The van der Waals surface area contributed by atoms with Crippen LogP contribution < -0.4 is 4.90 Å². The van der Waals surface area contributed by atoms with Gasteiger partial charge in [0.05, 0.1) is 12.4 Å². The fourth-order valence-corrected chi connectivity index (χ4v) is 1.12. The number of hydrogen-bond donors (Lipinski definition) is 0. The smallest absolute Gasteiger partial charge is 0.263 e. The lowest BCUT2D eigenvalue weighted by molar-refractivity contribution is -0.120. The van der Waals surface area contributed by atoms with E-state index >= 15 is 0 Å². The van der Waals surface area contributed by atoms with E-state index in [-0.39, 0.29) is 5.95 Å². The summed E-state index contributed by atoms with van der Waals surface area (Å²) in [4.78, 5) is 27.4. The zero-order valence-electron chi connectivity index (χ0n) is 7.34. The Bertz CT molecular complexity index is 426. The first-order valence-electron chi connectivity index (χ1n) is 3.90. The molecule has 0 N–H and O–H groups in total. The normalized spacial score (nSPS) is 16.1. The molecule has 0 aliphatic carbocycles. The first-order valence-corrected chi connectivity index (χ1v) is 3.90. The fourth-order valence-electron chi connectivity index (χ4n) is 1.12. The summed E-state index contributed by atoms with van der Waals surface area (Å²) in [6.07, 6.45) is 3.99. The molecule has 1 aromatic heterocycles. The predicted molar refractivity (Wildman–Crippen MR) is 46.1 cm³/mol. The van der Waals surface area contributed by atoms with E-state index in [1.54, 1.807) is 6.92 Å². The van der Waals surface area contributed by atoms with Gasteiger partial charge in [0.25, 0.3) is 17.8 Å². The highest BCUT2D eigenvalue weighted by Gasteiger charge is 2.31. The second kappa shape index (κ2) is 2.99. The Hall–Kier alpha value is -2.11. The summed E-state index contributed by atoms with van der Waals surface area (Å²) < 4.78 is 0. The van der Waals surface area contributed by atoms with E-state index in [0.717, 1.165) is 4.90 Å². The number of hydrogen-bond acceptors (Lipinski definition) is 5. The molecular formula is C8H6N4O2. The number of aromatic nitrogens is 3. The Morgan fingerprint density at radius 3 is 2.57 bits per heavy atom. The maximum absolute atomic E-state index is 11.4. The van der Waals surface area contributed by atoms with E-state index in [0.29, 0.717) is 5.57 Å². The molecule has 0 radical (unpaired) electrons. The van der Waals surface area contributed by atoms with Crippen molar-refractivity contribution in [2.75, 3.05) is 4.90 Å². The van der Waals surface area contributed by atoms with Crippen molar-refractivity contribution in [2.24, 2.45) is 0 Å². The van der Waals surface area contributed by atoms with Crippen molar-refractivity contribution in [1.29, 1.82) is 0 Å². The highest BCUT2D eigenvalue weighted by molar-refractivity contribution is 6.29. The van der Waals surface area contributed by atoms with Crippen molar-refractivity contribution in [3.63, 3.8) is 0 Å². The van der Waals surface area contributed by atoms with Crippen LogP contribution in [0.3, 0.4) is 0 Å². The largest absolute Gasteiger partial charge is 0.269 e. The first-order chi connectivity index (χ1) is 6.70. The maximum atomic E-state index is 11.4. The molecule has 1 aliphatic rings. The summed E-state index contributed by atoms with van der Waals surface area (Å²) >= 11 is 0. The SMILES string of the molecule is CC1=CC(=O)N(c2nccnn2)C1=O. The zero-order valence-corrected chi connectivity index (χ0v) is 7.34. The van der Waals surface area contributed by atoms with Gasteiger partial charge in [-0.05, 0) is 6.92 Å². The molecule has 0 fully saturated rings. The molecule has 14 heavy (non-hydrogen) atoms. The Morgan fingerprint density at radius 1 is 1.29 bits per heavy atom. The molecule has 6 nitrogen and oxygen atoms in total. The van der Waals surface area contributed by atoms with Crippen LogP contribution in [0.4, 0.5) is 5.95 Å². The molecule has 2 rings (SSSR count). The fraction of sp³-hybridized carbons (Fsp3) is 0.125. The Kier molecular flexibility index (Phi) is 1.81. The lowest BCUT2D eigenvalue weighted by atomic mass is 10.3. The maximum Gasteiger partial charge on any atom is 0.263 e. The van der Waals surface area contributed by atoms with Crippen LogP contribution in [0.15, 0.2) is 24.0 Å². The van der Waals surface area contributed by atoms with Crippen LogP contribution >= 0.6 is 0 Å². The molecule has 70 valence electrons. The second-order valence-electron chi connectivity index (χ2n) is 2.75. The third-order valence-electron chi connectivity index (χ3n) is 1.77. The van der Waals surface area contributed by atoms with Crippen LogP contribution in [0.2, 0.25) is 0 Å². The van der Waals surface area contributed by atoms with E-state index in [1.807, 2.05) is 0 Å². The molecule has 0 saturated carbocycles. The van der Waals surface area contributed by atoms with Crippen molar-refractivity contribution >= 4 is 17.8 Å². The van der Waals surface area contributed by atoms with E-state index in [2.05, 4.69) is 15.2 Å². The predicted octanol–water partition coefficient (Wildman–Crippen LogP) is -0.309. The van der Waals surface area contributed by atoms with Gasteiger partial charge in [0.2, 0.25) is 0 Å². The average molecular weight is 190 g/mol. The highest BCUT2D eigenvalue weighted by atomic mass is 16.2. The first kappa shape index (κ1) is 8.49. The summed E-state index contributed by atoms with van der Waals surface area (Å²) in [5.74, 6) is -0.820. The minimum absolute atomic E-state index is 0.00981. The van der Waals surface area contributed by atoms with Gasteiger partial charge in [-0.25, -0.2) is 9.88 Å². The quantitative estimate of drug-likeness (QED) is 0.568. The van der Waals surface area contributed by atoms with Crippen molar-refractivity contribution in [3.05, 3.63) is 24.0 Å². The van der Waals surface area contributed by atoms with Crippen LogP contribution in [0.5, 0.6) is 0 Å². The van der Waals surface area contributed by atoms with Gasteiger partial charge in [0.1, 0.15) is 0 Å². The Labute approximate surface area is 79.3 Å². The lowest BCUT2D eigenvalue weighted by Gasteiger charge is -2.09. The number of amides is 2. The van der Waals surface area contributed by atoms with Crippen LogP contribution in [-0.2, 0) is 9.59 Å². The molecule has 6 heteroatoms. The summed E-state index contributed by atoms with van der Waals surface area (Å²) in [5, 5.41) is 7.13. The van der Waals surface area contributed by atoms with Crippen LogP contribution in [-0.4, -0.2) is 27.0 Å². The molecular weight excluding hydrogens is 184 g/mol. The van der Waals surface area contributed by atoms with Gasteiger partial charge >= 0.3 is 0 Å². The summed E-state index contributed by atoms with van der Waals surface area (Å²) in [7, 11) is 0. The van der Waals surface area contributed by atoms with E-state index in [1.165, 1.54) is 18.5 Å². The number of nitrogens with zero attached hydrogens (tertiary/aromatic N) is 4. The summed E-state index contributed by atoms with van der Waals surface area (Å²) in [5.41, 5.74) is 0.377. The molecule has 0 saturated heterocycles. The highest BCUT2D eigenvalue weighted by Crippen LogP contribution is 2.16. The van der Waals surface area contributed by atoms with Gasteiger partial charge in [0.15, 0.2) is 0 Å². The van der Waals surface area contributed by atoms with Gasteiger partial charge in [0, 0.05) is 11.6 Å². The lowest BCUT2D eigenvalue weighted by Crippen LogP contribution is -2.32. The second-order valence-corrected chi connectivity index (χ2v) is 2.75. The van der Waals surface area contributed by atoms with E-state index in [4.69, 9.17) is 0 Å². The van der Waals surface area contributed by atoms with Crippen molar-refractivity contribution in [2.45, 2.75) is 6.92 Å². The Morgan fingerprint density at radius 2 is 2.07 bits per heavy atom. The molecule has 0 aromatic carbocycles. The minimum Gasteiger partial charge on any atom is -0.269 e. The number of imide groups is 1. The minimum atomic E-state index is -0.430. The molecule has 2 amide bonds. The number of anilines is 1. The number of carbonyl (C=O) groups is 2. The Balaban J connectivity index is 2.39. The molecule has 0 unspecified atom stereocenters. The number of carbonyl (C=O) groups excluding carboxylic acids is 2. The molecule has 0 spiro atoms. The molecule has 0 atom stereocenters. The third-order valence-corrected chi connectivity index (χ3v) is 1.77. The van der Waals surface area contributed by atoms with Crippen LogP contribution in [0, 0.1) is 0 Å². The van der Waals surface area contributed by atoms with E-state index in [9.17, 15) is 9.59 Å². The van der Waals surface area contributed by atoms with Crippen LogP contribution in [0.1, 0.15) is 6.92 Å². The number of rotatable bonds is 1. The van der Waals surface area contributed by atoms with Gasteiger partial charge in [-0.1, -0.05) is 0 Å². The summed E-state index contributed by atoms with van der Waals surface area (Å²) in [6.45, 7) is 1.57. The average Bonchev–Trinajstić information content (AvgIpc) is 2.43. The molecule has 2 heterocycles. The van der Waals surface area contributed by atoms with Crippen molar-refractivity contribution < 1.29 is 9.59 Å². The van der Waals surface area contributed by atoms with Gasteiger partial charge in [-0.3, -0.25) is 9.59 Å². The van der Waals surface area contributed by atoms with Gasteiger partial charge in [-0.15, -0.1) is 5.10 Å². The van der Waals surface area contributed by atoms with Gasteiger partial charge in [-0.2, -0.15) is 5.10 Å². The molecule has 1 aromatic rings. The molecule has 0 bridgehead atoms. The van der Waals surface area contributed by atoms with Gasteiger partial charge < -0.3 is 0 Å². The monoisotopic (exact) mass is 190 g/mol. The summed E-state index contributed by atoms with van der Waals surface area (Å²) in [6, 6.07) is 0.